The van der Waals surface area contributed by atoms with Gasteiger partial charge in [-0.15, -0.1) is 0 Å². The van der Waals surface area contributed by atoms with Crippen molar-refractivity contribution in [2.75, 3.05) is 13.2 Å². The maximum Gasteiger partial charge on any atom is 0.338 e. The molecule has 0 amide bonds. The third kappa shape index (κ3) is 30.0. The van der Waals surface area contributed by atoms with Crippen LogP contribution >= 0.6 is 0 Å². The molecule has 248 valence electrons. The van der Waals surface area contributed by atoms with Gasteiger partial charge in [-0.2, -0.15) is 0 Å². The monoisotopic (exact) mass is 597 g/mol. The molecule has 0 aliphatic rings. The Morgan fingerprint density at radius 1 is 0.268 bits per heavy atom. The Hall–Kier alpha value is 0.137. The Balaban J connectivity index is 3.98. The van der Waals surface area contributed by atoms with E-state index in [0.717, 1.165) is 26.1 Å². The summed E-state index contributed by atoms with van der Waals surface area (Å²) in [6.45, 7) is 10.9. The lowest BCUT2D eigenvalue weighted by molar-refractivity contribution is 0.165. The molecule has 0 aromatic heterocycles. The summed E-state index contributed by atoms with van der Waals surface area (Å²) in [5, 5.41) is 0. The molecule has 2 nitrogen and oxygen atoms in total. The number of rotatable bonds is 36. The van der Waals surface area contributed by atoms with E-state index in [1.165, 1.54) is 192 Å². The molecule has 0 rings (SSSR count). The zero-order chi connectivity index (χ0) is 30.0. The maximum absolute atomic E-state index is 6.62. The summed E-state index contributed by atoms with van der Waals surface area (Å²) < 4.78 is 13.2. The maximum atomic E-state index is 6.62. The Kier molecular flexibility index (Phi) is 34.7. The number of hydrogen-bond acceptors (Lipinski definition) is 2. The smallest absolute Gasteiger partial charge is 0.338 e. The van der Waals surface area contributed by atoms with Gasteiger partial charge in [-0.25, -0.2) is 0 Å². The molecule has 0 aliphatic carbocycles. The standard InChI is InChI=1S/C38H80O2Si/c1-5-9-11-13-15-17-19-21-23-25-27-29-31-33-37-41(39-35-7-3,40-36-8-4)38-34-32-30-28-26-24-22-20-18-16-14-12-10-6-2/h5-38H2,1-4H3. The molecule has 0 saturated heterocycles. The van der Waals surface area contributed by atoms with E-state index in [4.69, 9.17) is 8.85 Å². The lowest BCUT2D eigenvalue weighted by Crippen LogP contribution is -2.42. The van der Waals surface area contributed by atoms with Gasteiger partial charge in [-0.1, -0.05) is 207 Å². The molecule has 0 saturated carbocycles. The number of unbranched alkanes of at least 4 members (excludes halogenated alkanes) is 26. The minimum Gasteiger partial charge on any atom is -0.394 e. The average molecular weight is 597 g/mol. The summed E-state index contributed by atoms with van der Waals surface area (Å²) in [5.41, 5.74) is 0. The molecule has 41 heavy (non-hydrogen) atoms. The van der Waals surface area contributed by atoms with Crippen molar-refractivity contribution in [3.8, 4) is 0 Å². The van der Waals surface area contributed by atoms with Crippen LogP contribution in [-0.2, 0) is 8.85 Å². The molecule has 3 heteroatoms. The van der Waals surface area contributed by atoms with Crippen molar-refractivity contribution >= 4 is 8.56 Å². The molecule has 0 unspecified atom stereocenters. The predicted molar refractivity (Wildman–Crippen MR) is 188 cm³/mol. The summed E-state index contributed by atoms with van der Waals surface area (Å²) in [6, 6.07) is 2.45. The highest BCUT2D eigenvalue weighted by molar-refractivity contribution is 6.67. The van der Waals surface area contributed by atoms with Crippen molar-refractivity contribution in [1.82, 2.24) is 0 Å². The molecule has 0 aliphatic heterocycles. The Morgan fingerprint density at radius 2 is 0.488 bits per heavy atom. The van der Waals surface area contributed by atoms with Gasteiger partial charge in [-0.05, 0) is 24.9 Å². The molecule has 0 atom stereocenters. The zero-order valence-electron chi connectivity index (χ0n) is 29.4. The molecule has 0 fully saturated rings. The van der Waals surface area contributed by atoms with Gasteiger partial charge in [0.05, 0.1) is 0 Å². The fourth-order valence-corrected chi connectivity index (χ4v) is 9.85. The van der Waals surface area contributed by atoms with E-state index in [-0.39, 0.29) is 0 Å². The molecule has 0 aromatic carbocycles. The van der Waals surface area contributed by atoms with E-state index in [1.807, 2.05) is 0 Å². The molecule has 0 bridgehead atoms. The van der Waals surface area contributed by atoms with Crippen molar-refractivity contribution in [2.24, 2.45) is 0 Å². The lowest BCUT2D eigenvalue weighted by atomic mass is 10.0. The third-order valence-electron chi connectivity index (χ3n) is 8.96. The summed E-state index contributed by atoms with van der Waals surface area (Å²) in [5.74, 6) is 0. The summed E-state index contributed by atoms with van der Waals surface area (Å²) >= 11 is 0. The fourth-order valence-electron chi connectivity index (χ4n) is 6.21. The van der Waals surface area contributed by atoms with Gasteiger partial charge in [0.2, 0.25) is 0 Å². The van der Waals surface area contributed by atoms with Gasteiger partial charge < -0.3 is 8.85 Å². The second-order valence-electron chi connectivity index (χ2n) is 13.3. The van der Waals surface area contributed by atoms with Crippen molar-refractivity contribution in [3.05, 3.63) is 0 Å². The average Bonchev–Trinajstić information content (AvgIpc) is 2.99. The minimum atomic E-state index is -2.04. The van der Waals surface area contributed by atoms with Crippen LogP contribution in [0.1, 0.15) is 220 Å². The van der Waals surface area contributed by atoms with Crippen LogP contribution in [0.2, 0.25) is 12.1 Å². The van der Waals surface area contributed by atoms with E-state index in [2.05, 4.69) is 27.7 Å². The van der Waals surface area contributed by atoms with E-state index < -0.39 is 8.56 Å². The first-order valence-electron chi connectivity index (χ1n) is 19.5. The van der Waals surface area contributed by atoms with Crippen LogP contribution in [0.4, 0.5) is 0 Å². The highest BCUT2D eigenvalue weighted by Crippen LogP contribution is 2.27. The largest absolute Gasteiger partial charge is 0.394 e. The van der Waals surface area contributed by atoms with Crippen molar-refractivity contribution in [1.29, 1.82) is 0 Å². The molecule has 0 N–H and O–H groups in total. The van der Waals surface area contributed by atoms with Crippen LogP contribution in [0.25, 0.3) is 0 Å². The molecule has 0 radical (unpaired) electrons. The lowest BCUT2D eigenvalue weighted by Gasteiger charge is -2.31. The molecule has 0 aromatic rings. The van der Waals surface area contributed by atoms with Gasteiger partial charge in [0.25, 0.3) is 0 Å². The molecule has 0 spiro atoms. The van der Waals surface area contributed by atoms with Gasteiger partial charge in [-0.3, -0.25) is 0 Å². The Morgan fingerprint density at radius 3 is 0.707 bits per heavy atom. The van der Waals surface area contributed by atoms with Crippen LogP contribution in [0, 0.1) is 0 Å². The van der Waals surface area contributed by atoms with E-state index in [1.54, 1.807) is 0 Å². The Bertz CT molecular complexity index is 427. The molecular formula is C38H80O2Si. The first-order valence-corrected chi connectivity index (χ1v) is 21.8. The fraction of sp³-hybridized carbons (Fsp3) is 1.00. The second-order valence-corrected chi connectivity index (χ2v) is 16.7. The molecular weight excluding hydrogens is 517 g/mol. The first kappa shape index (κ1) is 41.1. The van der Waals surface area contributed by atoms with Crippen LogP contribution in [0.5, 0.6) is 0 Å². The van der Waals surface area contributed by atoms with Gasteiger partial charge >= 0.3 is 8.56 Å². The highest BCUT2D eigenvalue weighted by Gasteiger charge is 2.36. The topological polar surface area (TPSA) is 18.5 Å². The minimum absolute atomic E-state index is 0.896. The summed E-state index contributed by atoms with van der Waals surface area (Å²) in [7, 11) is -2.04. The normalized spacial score (nSPS) is 12.0. The Labute approximate surface area is 262 Å². The second kappa shape index (κ2) is 34.6. The van der Waals surface area contributed by atoms with E-state index in [0.29, 0.717) is 0 Å². The zero-order valence-corrected chi connectivity index (χ0v) is 30.4. The van der Waals surface area contributed by atoms with Crippen molar-refractivity contribution < 1.29 is 8.85 Å². The first-order chi connectivity index (χ1) is 20.2. The third-order valence-corrected chi connectivity index (χ3v) is 12.7. The summed E-state index contributed by atoms with van der Waals surface area (Å²) in [6.07, 6.45) is 42.1. The SMILES string of the molecule is CCCCCCCCCCCCCCCC[Si](CCCCCCCCCCCCCCCC)(OCCC)OCCC. The van der Waals surface area contributed by atoms with Crippen molar-refractivity contribution in [2.45, 2.75) is 232 Å². The highest BCUT2D eigenvalue weighted by atomic mass is 28.4. The van der Waals surface area contributed by atoms with Crippen LogP contribution in [0.3, 0.4) is 0 Å². The van der Waals surface area contributed by atoms with Gasteiger partial charge in [0.15, 0.2) is 0 Å². The van der Waals surface area contributed by atoms with E-state index in [9.17, 15) is 0 Å². The van der Waals surface area contributed by atoms with Crippen molar-refractivity contribution in [3.63, 3.8) is 0 Å². The van der Waals surface area contributed by atoms with Gasteiger partial charge in [0, 0.05) is 13.2 Å². The van der Waals surface area contributed by atoms with Crippen LogP contribution < -0.4 is 0 Å². The van der Waals surface area contributed by atoms with E-state index >= 15 is 0 Å². The van der Waals surface area contributed by atoms with Crippen LogP contribution in [0.15, 0.2) is 0 Å². The summed E-state index contributed by atoms with van der Waals surface area (Å²) in [4.78, 5) is 0. The molecule has 0 heterocycles. The van der Waals surface area contributed by atoms with Crippen LogP contribution in [-0.4, -0.2) is 21.8 Å². The number of hydrogen-bond donors (Lipinski definition) is 0. The van der Waals surface area contributed by atoms with Gasteiger partial charge in [0.1, 0.15) is 0 Å². The predicted octanol–water partition coefficient (Wildman–Crippen LogP) is 14.2. The quantitative estimate of drug-likeness (QED) is 0.0529.